The van der Waals surface area contributed by atoms with Gasteiger partial charge in [0.1, 0.15) is 0 Å². The largest absolute Gasteiger partial charge is 0.396 e. The maximum Gasteiger partial charge on any atom is 0.0437 e. The van der Waals surface area contributed by atoms with E-state index < -0.39 is 0 Å². The lowest BCUT2D eigenvalue weighted by Gasteiger charge is -2.41. The van der Waals surface area contributed by atoms with E-state index in [1.807, 2.05) is 0 Å². The Kier molecular flexibility index (Phi) is 5.57. The normalized spacial score (nSPS) is 18.7. The zero-order valence-electron chi connectivity index (χ0n) is 9.51. The summed E-state index contributed by atoms with van der Waals surface area (Å²) in [5, 5.41) is 9.07. The van der Waals surface area contributed by atoms with Gasteiger partial charge >= 0.3 is 0 Å². The summed E-state index contributed by atoms with van der Waals surface area (Å²) in [6, 6.07) is 0.213. The first-order chi connectivity index (χ1) is 6.05. The zero-order chi connectivity index (χ0) is 10.5. The first kappa shape index (κ1) is 12.9. The van der Waals surface area contributed by atoms with E-state index >= 15 is 0 Å². The van der Waals surface area contributed by atoms with Crippen LogP contribution in [0.15, 0.2) is 0 Å². The Morgan fingerprint density at radius 2 is 1.85 bits per heavy atom. The fourth-order valence-electron chi connectivity index (χ4n) is 2.36. The quantitative estimate of drug-likeness (QED) is 0.669. The summed E-state index contributed by atoms with van der Waals surface area (Å²) in [7, 11) is 0. The van der Waals surface area contributed by atoms with Crippen molar-refractivity contribution >= 4 is 0 Å². The Balaban J connectivity index is 4.63. The zero-order valence-corrected chi connectivity index (χ0v) is 9.51. The summed E-state index contributed by atoms with van der Waals surface area (Å²) in [5.41, 5.74) is 6.27. The van der Waals surface area contributed by atoms with E-state index in [1.165, 1.54) is 0 Å². The summed E-state index contributed by atoms with van der Waals surface area (Å²) >= 11 is 0. The van der Waals surface area contributed by atoms with Gasteiger partial charge in [0.15, 0.2) is 0 Å². The van der Waals surface area contributed by atoms with E-state index in [0.717, 1.165) is 19.3 Å². The van der Waals surface area contributed by atoms with Gasteiger partial charge in [-0.3, -0.25) is 0 Å². The van der Waals surface area contributed by atoms with Gasteiger partial charge in [-0.05, 0) is 30.6 Å². The third-order valence-corrected chi connectivity index (χ3v) is 3.56. The van der Waals surface area contributed by atoms with Crippen molar-refractivity contribution in [3.8, 4) is 0 Å². The summed E-state index contributed by atoms with van der Waals surface area (Å²) in [5.74, 6) is 0.541. The molecule has 13 heavy (non-hydrogen) atoms. The van der Waals surface area contributed by atoms with E-state index in [4.69, 9.17) is 10.8 Å². The molecule has 0 aromatic heterocycles. The molecule has 2 atom stereocenters. The number of aliphatic hydroxyl groups is 1. The van der Waals surface area contributed by atoms with Crippen molar-refractivity contribution in [2.45, 2.75) is 53.0 Å². The van der Waals surface area contributed by atoms with Gasteiger partial charge < -0.3 is 10.8 Å². The second-order valence-corrected chi connectivity index (χ2v) is 4.23. The molecular weight excluding hydrogens is 162 g/mol. The standard InChI is InChI=1S/C11H25NO/c1-5-10(12)11(6-2,7-8-13)9(3)4/h9-10,13H,5-8,12H2,1-4H3. The van der Waals surface area contributed by atoms with Gasteiger partial charge in [-0.25, -0.2) is 0 Å². The van der Waals surface area contributed by atoms with Gasteiger partial charge in [0.25, 0.3) is 0 Å². The molecular formula is C11H25NO. The molecule has 0 aliphatic heterocycles. The van der Waals surface area contributed by atoms with E-state index in [-0.39, 0.29) is 18.1 Å². The Labute approximate surface area is 82.5 Å². The highest BCUT2D eigenvalue weighted by atomic mass is 16.3. The van der Waals surface area contributed by atoms with Gasteiger partial charge in [0, 0.05) is 12.6 Å². The number of hydrogen-bond acceptors (Lipinski definition) is 2. The molecule has 2 heteroatoms. The molecule has 80 valence electrons. The molecule has 0 aromatic rings. The van der Waals surface area contributed by atoms with Crippen LogP contribution in [0.3, 0.4) is 0 Å². The Bertz CT molecular complexity index is 136. The van der Waals surface area contributed by atoms with Crippen LogP contribution in [0, 0.1) is 11.3 Å². The van der Waals surface area contributed by atoms with Crippen LogP contribution in [0.4, 0.5) is 0 Å². The van der Waals surface area contributed by atoms with E-state index in [9.17, 15) is 0 Å². The molecule has 2 unspecified atom stereocenters. The summed E-state index contributed by atoms with van der Waals surface area (Å²) in [4.78, 5) is 0. The monoisotopic (exact) mass is 187 g/mol. The predicted octanol–water partition coefficient (Wildman–Crippen LogP) is 2.16. The molecule has 0 heterocycles. The highest BCUT2D eigenvalue weighted by Gasteiger charge is 2.36. The summed E-state index contributed by atoms with van der Waals surface area (Å²) in [6.45, 7) is 8.95. The molecule has 0 fully saturated rings. The minimum Gasteiger partial charge on any atom is -0.396 e. The van der Waals surface area contributed by atoms with E-state index in [0.29, 0.717) is 5.92 Å². The van der Waals surface area contributed by atoms with Crippen molar-refractivity contribution in [1.29, 1.82) is 0 Å². The van der Waals surface area contributed by atoms with E-state index in [1.54, 1.807) is 0 Å². The molecule has 0 saturated carbocycles. The Hall–Kier alpha value is -0.0800. The minimum absolute atomic E-state index is 0.128. The Morgan fingerprint density at radius 3 is 2.08 bits per heavy atom. The molecule has 0 radical (unpaired) electrons. The van der Waals surface area contributed by atoms with Crippen molar-refractivity contribution in [1.82, 2.24) is 0 Å². The average Bonchev–Trinajstić information content (AvgIpc) is 2.12. The fraction of sp³-hybridized carbons (Fsp3) is 1.00. The lowest BCUT2D eigenvalue weighted by atomic mass is 9.67. The molecule has 0 amide bonds. The van der Waals surface area contributed by atoms with Crippen molar-refractivity contribution < 1.29 is 5.11 Å². The maximum atomic E-state index is 9.07. The lowest BCUT2D eigenvalue weighted by Crippen LogP contribution is -2.45. The smallest absolute Gasteiger partial charge is 0.0437 e. The van der Waals surface area contributed by atoms with Gasteiger partial charge in [-0.1, -0.05) is 27.7 Å². The van der Waals surface area contributed by atoms with Crippen LogP contribution < -0.4 is 5.73 Å². The van der Waals surface area contributed by atoms with Crippen LogP contribution in [0.5, 0.6) is 0 Å². The fourth-order valence-corrected chi connectivity index (χ4v) is 2.36. The molecule has 0 rings (SSSR count). The molecule has 3 N–H and O–H groups in total. The predicted molar refractivity (Wildman–Crippen MR) is 57.5 cm³/mol. The van der Waals surface area contributed by atoms with Crippen LogP contribution in [-0.2, 0) is 0 Å². The number of aliphatic hydroxyl groups excluding tert-OH is 1. The highest BCUT2D eigenvalue weighted by Crippen LogP contribution is 2.38. The first-order valence-electron chi connectivity index (χ1n) is 5.41. The third-order valence-electron chi connectivity index (χ3n) is 3.56. The Morgan fingerprint density at radius 1 is 1.31 bits per heavy atom. The number of rotatable bonds is 6. The number of nitrogens with two attached hydrogens (primary N) is 1. The van der Waals surface area contributed by atoms with E-state index in [2.05, 4.69) is 27.7 Å². The molecule has 0 aliphatic carbocycles. The van der Waals surface area contributed by atoms with Crippen LogP contribution in [0.1, 0.15) is 47.0 Å². The molecule has 0 saturated heterocycles. The summed E-state index contributed by atoms with van der Waals surface area (Å²) < 4.78 is 0. The molecule has 0 aromatic carbocycles. The van der Waals surface area contributed by atoms with Crippen LogP contribution in [0.2, 0.25) is 0 Å². The average molecular weight is 187 g/mol. The van der Waals surface area contributed by atoms with Crippen LogP contribution in [0.25, 0.3) is 0 Å². The van der Waals surface area contributed by atoms with Crippen molar-refractivity contribution in [3.05, 3.63) is 0 Å². The van der Waals surface area contributed by atoms with Gasteiger partial charge in [0.2, 0.25) is 0 Å². The lowest BCUT2D eigenvalue weighted by molar-refractivity contribution is 0.0850. The van der Waals surface area contributed by atoms with Crippen molar-refractivity contribution in [3.63, 3.8) is 0 Å². The topological polar surface area (TPSA) is 46.2 Å². The minimum atomic E-state index is 0.128. The van der Waals surface area contributed by atoms with Crippen molar-refractivity contribution in [2.75, 3.05) is 6.61 Å². The third kappa shape index (κ3) is 2.68. The van der Waals surface area contributed by atoms with Crippen LogP contribution in [-0.4, -0.2) is 17.8 Å². The van der Waals surface area contributed by atoms with Crippen LogP contribution >= 0.6 is 0 Å². The maximum absolute atomic E-state index is 9.07. The molecule has 0 aliphatic rings. The molecule has 0 bridgehead atoms. The molecule has 0 spiro atoms. The second kappa shape index (κ2) is 5.61. The van der Waals surface area contributed by atoms with Gasteiger partial charge in [-0.15, -0.1) is 0 Å². The SMILES string of the molecule is CCC(N)C(CC)(CCO)C(C)C. The highest BCUT2D eigenvalue weighted by molar-refractivity contribution is 4.89. The first-order valence-corrected chi connectivity index (χ1v) is 5.41. The van der Waals surface area contributed by atoms with Gasteiger partial charge in [0.05, 0.1) is 0 Å². The van der Waals surface area contributed by atoms with Gasteiger partial charge in [-0.2, -0.15) is 0 Å². The van der Waals surface area contributed by atoms with Crippen molar-refractivity contribution in [2.24, 2.45) is 17.1 Å². The second-order valence-electron chi connectivity index (χ2n) is 4.23. The summed E-state index contributed by atoms with van der Waals surface area (Å²) in [6.07, 6.45) is 2.88. The number of hydrogen-bond donors (Lipinski definition) is 2. The molecule has 2 nitrogen and oxygen atoms in total.